The predicted octanol–water partition coefficient (Wildman–Crippen LogP) is 2.08. The molecule has 0 rings (SSSR count). The van der Waals surface area contributed by atoms with Gasteiger partial charge in [0.25, 0.3) is 0 Å². The third-order valence-corrected chi connectivity index (χ3v) is 2.76. The van der Waals surface area contributed by atoms with Crippen LogP contribution in [-0.4, -0.2) is 16.7 Å². The van der Waals surface area contributed by atoms with Crippen molar-refractivity contribution in [1.29, 1.82) is 0 Å². The second-order valence-corrected chi connectivity index (χ2v) is 4.02. The Hall–Kier alpha value is -0.540. The Kier molecular flexibility index (Phi) is 8.17. The summed E-state index contributed by atoms with van der Waals surface area (Å²) in [5, 5.41) is 0. The van der Waals surface area contributed by atoms with Crippen molar-refractivity contribution in [1.82, 2.24) is 0 Å². The van der Waals surface area contributed by atoms with E-state index in [1.807, 2.05) is 6.92 Å². The molecule has 0 aromatic carbocycles. The van der Waals surface area contributed by atoms with E-state index in [-0.39, 0.29) is 4.58 Å². The summed E-state index contributed by atoms with van der Waals surface area (Å²) >= 11 is 2.16. The molecule has 0 aromatic heterocycles. The monoisotopic (exact) mass is 204 g/mol. The first-order valence-electron chi connectivity index (χ1n) is 3.31. The Morgan fingerprint density at radius 2 is 1.75 bits per heavy atom. The molecule has 6 heteroatoms. The van der Waals surface area contributed by atoms with E-state index >= 15 is 0 Å². The number of nitrogens with zero attached hydrogens (tertiary/aromatic N) is 2. The summed E-state index contributed by atoms with van der Waals surface area (Å²) in [5.74, 6) is 0. The lowest BCUT2D eigenvalue weighted by Gasteiger charge is -2.04. The van der Waals surface area contributed by atoms with E-state index in [0.717, 1.165) is 36.7 Å². The molecule has 0 heterocycles. The molecule has 0 bridgehead atoms. The lowest BCUT2D eigenvalue weighted by molar-refractivity contribution is 0.565. The van der Waals surface area contributed by atoms with E-state index in [1.54, 1.807) is 0 Å². The predicted molar refractivity (Wildman–Crippen MR) is 50.1 cm³/mol. The van der Waals surface area contributed by atoms with Gasteiger partial charge in [0, 0.05) is 23.9 Å². The topological polar surface area (TPSA) is 58.9 Å². The van der Waals surface area contributed by atoms with Gasteiger partial charge in [-0.2, -0.15) is 0 Å². The van der Waals surface area contributed by atoms with E-state index in [0.29, 0.717) is 0 Å². The van der Waals surface area contributed by atoms with E-state index in [1.165, 1.54) is 12.2 Å². The van der Waals surface area contributed by atoms with E-state index in [4.69, 9.17) is 0 Å². The Bertz CT molecular complexity index is 190. The maximum Gasteiger partial charge on any atom is 0.247 e. The standard InChI is InChI=1S/C6H8N2O2S2/c1-2-3-6(11-7-4-9)12-8-5-10/h6H,2-3H2,1H3. The molecule has 0 unspecified atom stereocenters. The van der Waals surface area contributed by atoms with Crippen LogP contribution in [0, 0.1) is 0 Å². The number of hydrogen-bond donors (Lipinski definition) is 0. The maximum atomic E-state index is 9.76. The van der Waals surface area contributed by atoms with Crippen molar-refractivity contribution in [2.24, 2.45) is 8.80 Å². The molecular formula is C6H8N2O2S2. The van der Waals surface area contributed by atoms with Crippen molar-refractivity contribution in [3.8, 4) is 0 Å². The van der Waals surface area contributed by atoms with Crippen molar-refractivity contribution in [2.75, 3.05) is 0 Å². The fraction of sp³-hybridized carbons (Fsp3) is 0.667. The number of carbonyl (C=O) groups excluding carboxylic acids is 2. The second kappa shape index (κ2) is 8.56. The highest BCUT2D eigenvalue weighted by Crippen LogP contribution is 2.28. The highest BCUT2D eigenvalue weighted by molar-refractivity contribution is 8.15. The third kappa shape index (κ3) is 6.19. The van der Waals surface area contributed by atoms with Gasteiger partial charge in [-0.1, -0.05) is 13.3 Å². The molecule has 0 spiro atoms. The van der Waals surface area contributed by atoms with Crippen LogP contribution in [0.15, 0.2) is 8.80 Å². The Labute approximate surface area is 79.2 Å². The Morgan fingerprint density at radius 1 is 1.25 bits per heavy atom. The molecule has 0 saturated carbocycles. The van der Waals surface area contributed by atoms with Crippen LogP contribution >= 0.6 is 23.9 Å². The zero-order valence-corrected chi connectivity index (χ0v) is 8.15. The first kappa shape index (κ1) is 11.5. The Balaban J connectivity index is 3.83. The van der Waals surface area contributed by atoms with Gasteiger partial charge < -0.3 is 0 Å². The van der Waals surface area contributed by atoms with Crippen LogP contribution in [0.2, 0.25) is 0 Å². The van der Waals surface area contributed by atoms with Crippen LogP contribution in [0.4, 0.5) is 0 Å². The normalized spacial score (nSPS) is 11.1. The van der Waals surface area contributed by atoms with Gasteiger partial charge in [-0.25, -0.2) is 9.59 Å². The fourth-order valence-corrected chi connectivity index (χ4v) is 1.94. The van der Waals surface area contributed by atoms with Crippen LogP contribution in [0.3, 0.4) is 0 Å². The molecule has 12 heavy (non-hydrogen) atoms. The zero-order valence-electron chi connectivity index (χ0n) is 6.52. The van der Waals surface area contributed by atoms with Crippen LogP contribution in [0.25, 0.3) is 0 Å². The molecule has 0 atom stereocenters. The molecule has 0 amide bonds. The number of isocyanates is 2. The molecule has 0 aliphatic carbocycles. The average molecular weight is 204 g/mol. The maximum absolute atomic E-state index is 9.76. The van der Waals surface area contributed by atoms with Gasteiger partial charge in [0.2, 0.25) is 12.2 Å². The van der Waals surface area contributed by atoms with Crippen LogP contribution in [-0.2, 0) is 9.59 Å². The van der Waals surface area contributed by atoms with Gasteiger partial charge in [0.05, 0.1) is 4.58 Å². The summed E-state index contributed by atoms with van der Waals surface area (Å²) < 4.78 is 6.70. The lowest BCUT2D eigenvalue weighted by Crippen LogP contribution is -1.91. The highest BCUT2D eigenvalue weighted by atomic mass is 32.2. The summed E-state index contributed by atoms with van der Waals surface area (Å²) in [6.07, 6.45) is 4.63. The molecular weight excluding hydrogens is 196 g/mol. The molecule has 0 N–H and O–H groups in total. The van der Waals surface area contributed by atoms with Crippen LogP contribution in [0.1, 0.15) is 19.8 Å². The van der Waals surface area contributed by atoms with E-state index in [2.05, 4.69) is 8.80 Å². The van der Waals surface area contributed by atoms with Crippen LogP contribution in [0.5, 0.6) is 0 Å². The van der Waals surface area contributed by atoms with Gasteiger partial charge in [-0.3, -0.25) is 0 Å². The first-order valence-corrected chi connectivity index (χ1v) is 4.98. The van der Waals surface area contributed by atoms with Crippen molar-refractivity contribution >= 4 is 36.1 Å². The van der Waals surface area contributed by atoms with Gasteiger partial charge >= 0.3 is 0 Å². The van der Waals surface area contributed by atoms with Gasteiger partial charge in [0.1, 0.15) is 0 Å². The number of rotatable bonds is 6. The van der Waals surface area contributed by atoms with E-state index in [9.17, 15) is 9.59 Å². The summed E-state index contributed by atoms with van der Waals surface area (Å²) in [6.45, 7) is 2.00. The minimum Gasteiger partial charge on any atom is -0.210 e. The molecule has 0 aromatic rings. The van der Waals surface area contributed by atoms with Gasteiger partial charge in [-0.15, -0.1) is 8.80 Å². The molecule has 0 aliphatic heterocycles. The smallest absolute Gasteiger partial charge is 0.210 e. The molecule has 4 nitrogen and oxygen atoms in total. The first-order chi connectivity index (χ1) is 5.85. The van der Waals surface area contributed by atoms with Crippen molar-refractivity contribution < 1.29 is 9.59 Å². The van der Waals surface area contributed by atoms with Gasteiger partial charge in [-0.05, 0) is 6.42 Å². The van der Waals surface area contributed by atoms with E-state index < -0.39 is 0 Å². The van der Waals surface area contributed by atoms with Crippen molar-refractivity contribution in [3.63, 3.8) is 0 Å². The fourth-order valence-electron chi connectivity index (χ4n) is 0.521. The summed E-state index contributed by atoms with van der Waals surface area (Å²) in [4.78, 5) is 19.5. The zero-order chi connectivity index (χ0) is 9.23. The SMILES string of the molecule is CCCC(SN=C=O)SN=C=O. The summed E-state index contributed by atoms with van der Waals surface area (Å²) in [6, 6.07) is 0. The Morgan fingerprint density at radius 3 is 2.08 bits per heavy atom. The van der Waals surface area contributed by atoms with Crippen molar-refractivity contribution in [3.05, 3.63) is 0 Å². The summed E-state index contributed by atoms with van der Waals surface area (Å²) in [7, 11) is 0. The molecule has 0 fully saturated rings. The number of hydrogen-bond acceptors (Lipinski definition) is 6. The average Bonchev–Trinajstić information content (AvgIpc) is 2.10. The third-order valence-electron chi connectivity index (χ3n) is 0.939. The quantitative estimate of drug-likeness (QED) is 0.287. The minimum absolute atomic E-state index is 0.0119. The molecule has 0 radical (unpaired) electrons. The van der Waals surface area contributed by atoms with Crippen LogP contribution < -0.4 is 0 Å². The highest BCUT2D eigenvalue weighted by Gasteiger charge is 2.07. The largest absolute Gasteiger partial charge is 0.247 e. The lowest BCUT2D eigenvalue weighted by atomic mass is 10.4. The minimum atomic E-state index is 0.0119. The molecule has 0 aliphatic rings. The molecule has 0 saturated heterocycles. The van der Waals surface area contributed by atoms with Crippen molar-refractivity contribution in [2.45, 2.75) is 24.3 Å². The molecule has 66 valence electrons. The second-order valence-electron chi connectivity index (χ2n) is 1.79. The summed E-state index contributed by atoms with van der Waals surface area (Å²) in [5.41, 5.74) is 0. The van der Waals surface area contributed by atoms with Gasteiger partial charge in [0.15, 0.2) is 0 Å².